The van der Waals surface area contributed by atoms with E-state index in [0.717, 1.165) is 12.1 Å². The fourth-order valence-electron chi connectivity index (χ4n) is 1.43. The Morgan fingerprint density at radius 3 is 2.06 bits per heavy atom. The minimum Gasteiger partial charge on any atom is -0.480 e. The molecule has 0 aromatic heterocycles. The van der Waals surface area contributed by atoms with Crippen LogP contribution in [-0.2, 0) is 10.2 Å². The highest BCUT2D eigenvalue weighted by Gasteiger charge is 2.59. The zero-order valence-electron chi connectivity index (χ0n) is 8.16. The Balaban J connectivity index is 3.48. The highest BCUT2D eigenvalue weighted by atomic mass is 19.4. The summed E-state index contributed by atoms with van der Waals surface area (Å²) in [7, 11) is 0. The predicted molar refractivity (Wildman–Crippen MR) is 52.0 cm³/mol. The number of alkyl halides is 3. The third-order valence-corrected chi connectivity index (χ3v) is 2.32. The fraction of sp³-hybridized carbons (Fsp3) is 0.182. The first-order chi connectivity index (χ1) is 7.36. The molecule has 0 aliphatic heterocycles. The van der Waals surface area contributed by atoms with Crippen molar-refractivity contribution in [2.24, 2.45) is 0 Å². The van der Waals surface area contributed by atoms with Gasteiger partial charge in [0, 0.05) is 0 Å². The Bertz CT molecular complexity index is 397. The zero-order valence-corrected chi connectivity index (χ0v) is 8.16. The van der Waals surface area contributed by atoms with E-state index < -0.39 is 17.6 Å². The van der Waals surface area contributed by atoms with Gasteiger partial charge in [-0.25, -0.2) is 0 Å². The van der Waals surface area contributed by atoms with Crippen LogP contribution in [0, 0.1) is 0 Å². The second kappa shape index (κ2) is 4.00. The van der Waals surface area contributed by atoms with Crippen LogP contribution in [0.4, 0.5) is 13.2 Å². The van der Waals surface area contributed by atoms with Gasteiger partial charge in [-0.05, 0) is 5.56 Å². The second-order valence-corrected chi connectivity index (χ2v) is 3.18. The van der Waals surface area contributed by atoms with Crippen molar-refractivity contribution in [2.45, 2.75) is 11.6 Å². The second-order valence-electron chi connectivity index (χ2n) is 3.18. The minimum absolute atomic E-state index is 0.356. The molecule has 0 unspecified atom stereocenters. The molecule has 16 heavy (non-hydrogen) atoms. The lowest BCUT2D eigenvalue weighted by Gasteiger charge is -2.28. The quantitative estimate of drug-likeness (QED) is 0.810. The van der Waals surface area contributed by atoms with Crippen LogP contribution in [0.5, 0.6) is 0 Å². The molecule has 1 aromatic carbocycles. The Labute approximate surface area is 90.0 Å². The topological polar surface area (TPSA) is 37.3 Å². The molecule has 5 heteroatoms. The van der Waals surface area contributed by atoms with Gasteiger partial charge in [-0.3, -0.25) is 4.79 Å². The lowest BCUT2D eigenvalue weighted by Crippen LogP contribution is -2.47. The van der Waals surface area contributed by atoms with Crippen LogP contribution in [-0.4, -0.2) is 17.3 Å². The van der Waals surface area contributed by atoms with Crippen LogP contribution < -0.4 is 0 Å². The number of benzene rings is 1. The average Bonchev–Trinajstić information content (AvgIpc) is 2.18. The number of halogens is 3. The van der Waals surface area contributed by atoms with Gasteiger partial charge in [0.2, 0.25) is 5.41 Å². The van der Waals surface area contributed by atoms with Gasteiger partial charge in [0.25, 0.3) is 0 Å². The molecule has 0 saturated heterocycles. The number of carboxylic acid groups (broad SMARTS) is 1. The Kier molecular flexibility index (Phi) is 3.07. The van der Waals surface area contributed by atoms with E-state index >= 15 is 0 Å². The molecule has 0 amide bonds. The van der Waals surface area contributed by atoms with Gasteiger partial charge >= 0.3 is 12.1 Å². The third-order valence-electron chi connectivity index (χ3n) is 2.32. The summed E-state index contributed by atoms with van der Waals surface area (Å²) in [6, 6.07) is 6.44. The van der Waals surface area contributed by atoms with Gasteiger partial charge < -0.3 is 5.11 Å². The van der Waals surface area contributed by atoms with Crippen molar-refractivity contribution in [2.75, 3.05) is 0 Å². The maximum Gasteiger partial charge on any atom is 0.412 e. The van der Waals surface area contributed by atoms with Crippen molar-refractivity contribution < 1.29 is 23.1 Å². The molecule has 0 bridgehead atoms. The van der Waals surface area contributed by atoms with E-state index in [0.29, 0.717) is 6.08 Å². The van der Waals surface area contributed by atoms with E-state index in [4.69, 9.17) is 5.11 Å². The van der Waals surface area contributed by atoms with E-state index in [1.54, 1.807) is 0 Å². The molecule has 0 heterocycles. The maximum atomic E-state index is 12.9. The molecule has 1 N–H and O–H groups in total. The Morgan fingerprint density at radius 2 is 1.75 bits per heavy atom. The molecule has 1 rings (SSSR count). The molecule has 0 saturated carbocycles. The van der Waals surface area contributed by atoms with Gasteiger partial charge in [0.1, 0.15) is 0 Å². The maximum absolute atomic E-state index is 12.9. The predicted octanol–water partition coefficient (Wildman–Crippen LogP) is 2.76. The number of aliphatic carboxylic acids is 1. The van der Waals surface area contributed by atoms with Crippen LogP contribution in [0.1, 0.15) is 5.56 Å². The summed E-state index contributed by atoms with van der Waals surface area (Å²) < 4.78 is 38.6. The molecule has 0 fully saturated rings. The summed E-state index contributed by atoms with van der Waals surface area (Å²) in [4.78, 5) is 10.9. The monoisotopic (exact) mass is 230 g/mol. The van der Waals surface area contributed by atoms with E-state index in [2.05, 4.69) is 6.58 Å². The average molecular weight is 230 g/mol. The first-order valence-corrected chi connectivity index (χ1v) is 4.35. The molecule has 0 radical (unpaired) electrons. The summed E-state index contributed by atoms with van der Waals surface area (Å²) in [5.41, 5.74) is -3.40. The largest absolute Gasteiger partial charge is 0.480 e. The summed E-state index contributed by atoms with van der Waals surface area (Å²) >= 11 is 0. The van der Waals surface area contributed by atoms with E-state index in [-0.39, 0.29) is 5.56 Å². The normalized spacial score (nSPS) is 15.2. The Morgan fingerprint density at radius 1 is 1.25 bits per heavy atom. The minimum atomic E-state index is -4.93. The summed E-state index contributed by atoms with van der Waals surface area (Å²) in [5.74, 6) is -1.98. The number of hydrogen-bond acceptors (Lipinski definition) is 1. The summed E-state index contributed by atoms with van der Waals surface area (Å²) in [6.07, 6.45) is -4.52. The third kappa shape index (κ3) is 1.68. The molecule has 0 spiro atoms. The highest BCUT2D eigenvalue weighted by Crippen LogP contribution is 2.42. The first-order valence-electron chi connectivity index (χ1n) is 4.35. The smallest absolute Gasteiger partial charge is 0.412 e. The molecule has 0 aliphatic rings. The standard InChI is InChI=1S/C11H9F3O2/c1-2-10(9(15)16,11(12,13)14)8-6-4-3-5-7-8/h2-7H,1H2,(H,15,16)/t10-/m0/s1. The highest BCUT2D eigenvalue weighted by molar-refractivity contribution is 5.85. The lowest BCUT2D eigenvalue weighted by molar-refractivity contribution is -0.194. The lowest BCUT2D eigenvalue weighted by atomic mass is 9.80. The van der Waals surface area contributed by atoms with Crippen molar-refractivity contribution in [3.05, 3.63) is 48.6 Å². The summed E-state index contributed by atoms with van der Waals surface area (Å²) in [5, 5.41) is 8.82. The molecule has 2 nitrogen and oxygen atoms in total. The SMILES string of the molecule is C=C[C@@](C(=O)O)(c1ccccc1)C(F)(F)F. The molecular weight excluding hydrogens is 221 g/mol. The van der Waals surface area contributed by atoms with Crippen molar-refractivity contribution in [1.29, 1.82) is 0 Å². The molecule has 86 valence electrons. The van der Waals surface area contributed by atoms with Crippen LogP contribution in [0.15, 0.2) is 43.0 Å². The van der Waals surface area contributed by atoms with Crippen molar-refractivity contribution in [3.63, 3.8) is 0 Å². The number of carbonyl (C=O) groups is 1. The van der Waals surface area contributed by atoms with Gasteiger partial charge in [-0.15, -0.1) is 6.58 Å². The van der Waals surface area contributed by atoms with Crippen molar-refractivity contribution >= 4 is 5.97 Å². The van der Waals surface area contributed by atoms with Crippen LogP contribution >= 0.6 is 0 Å². The zero-order chi connectivity index (χ0) is 12.4. The van der Waals surface area contributed by atoms with Gasteiger partial charge in [0.15, 0.2) is 0 Å². The summed E-state index contributed by atoms with van der Waals surface area (Å²) in [6.45, 7) is 3.00. The number of hydrogen-bond donors (Lipinski definition) is 1. The van der Waals surface area contributed by atoms with Crippen LogP contribution in [0.25, 0.3) is 0 Å². The number of rotatable bonds is 3. The van der Waals surface area contributed by atoms with Crippen molar-refractivity contribution in [3.8, 4) is 0 Å². The fourth-order valence-corrected chi connectivity index (χ4v) is 1.43. The van der Waals surface area contributed by atoms with Gasteiger partial charge in [0.05, 0.1) is 0 Å². The molecule has 1 atom stereocenters. The van der Waals surface area contributed by atoms with E-state index in [9.17, 15) is 18.0 Å². The molecular formula is C11H9F3O2. The van der Waals surface area contributed by atoms with Crippen LogP contribution in [0.2, 0.25) is 0 Å². The van der Waals surface area contributed by atoms with Crippen molar-refractivity contribution in [1.82, 2.24) is 0 Å². The van der Waals surface area contributed by atoms with E-state index in [1.807, 2.05) is 0 Å². The molecule has 0 aliphatic carbocycles. The first kappa shape index (κ1) is 12.3. The van der Waals surface area contributed by atoms with E-state index in [1.165, 1.54) is 18.2 Å². The Hall–Kier alpha value is -1.78. The number of carboxylic acids is 1. The molecule has 1 aromatic rings. The van der Waals surface area contributed by atoms with Gasteiger partial charge in [-0.1, -0.05) is 36.4 Å². The van der Waals surface area contributed by atoms with Gasteiger partial charge in [-0.2, -0.15) is 13.2 Å². The van der Waals surface area contributed by atoms with Crippen LogP contribution in [0.3, 0.4) is 0 Å².